The highest BCUT2D eigenvalue weighted by molar-refractivity contribution is 5.66. The summed E-state index contributed by atoms with van der Waals surface area (Å²) in [7, 11) is 0. The molecule has 1 aromatic carbocycles. The van der Waals surface area contributed by atoms with Crippen LogP contribution in [0.2, 0.25) is 0 Å². The van der Waals surface area contributed by atoms with E-state index in [0.29, 0.717) is 11.7 Å². The van der Waals surface area contributed by atoms with Crippen molar-refractivity contribution >= 4 is 5.97 Å². The van der Waals surface area contributed by atoms with Crippen LogP contribution in [0.3, 0.4) is 0 Å². The van der Waals surface area contributed by atoms with Crippen molar-refractivity contribution in [3.63, 3.8) is 0 Å². The number of hydrogen-bond donors (Lipinski definition) is 2. The van der Waals surface area contributed by atoms with Crippen LogP contribution in [-0.2, 0) is 11.2 Å². The molecule has 0 aliphatic carbocycles. The van der Waals surface area contributed by atoms with Gasteiger partial charge in [0.15, 0.2) is 0 Å². The number of phenols is 1. The highest BCUT2D eigenvalue weighted by atomic mass is 16.5. The van der Waals surface area contributed by atoms with Crippen LogP contribution in [0.5, 0.6) is 11.5 Å². The fourth-order valence-corrected chi connectivity index (χ4v) is 3.48. The first kappa shape index (κ1) is 18.6. The fourth-order valence-electron chi connectivity index (χ4n) is 3.48. The van der Waals surface area contributed by atoms with E-state index in [9.17, 15) is 9.90 Å². The normalized spacial score (nSPS) is 21.0. The van der Waals surface area contributed by atoms with Gasteiger partial charge in [-0.15, -0.1) is 0 Å². The summed E-state index contributed by atoms with van der Waals surface area (Å²) in [6.45, 7) is 8.22. The Kier molecular flexibility index (Phi) is 5.79. The molecule has 2 atom stereocenters. The number of ether oxygens (including phenoxy) is 1. The second kappa shape index (κ2) is 7.45. The molecular formula is C20H30O4. The Morgan fingerprint density at radius 3 is 2.71 bits per heavy atom. The fraction of sp³-hybridized carbons (Fsp3) is 0.650. The Hall–Kier alpha value is -1.71. The average molecular weight is 334 g/mol. The van der Waals surface area contributed by atoms with Gasteiger partial charge in [-0.05, 0) is 81.5 Å². The van der Waals surface area contributed by atoms with Crippen LogP contribution in [0.4, 0.5) is 0 Å². The maximum atomic E-state index is 10.6. The first-order valence-electron chi connectivity index (χ1n) is 8.94. The molecule has 1 aromatic rings. The molecule has 1 aliphatic rings. The molecule has 134 valence electrons. The molecule has 0 aromatic heterocycles. The van der Waals surface area contributed by atoms with Crippen LogP contribution in [-0.4, -0.2) is 21.8 Å². The Labute approximate surface area is 144 Å². The number of phenolic OH excluding ortho intramolecular Hbond substituents is 1. The third kappa shape index (κ3) is 4.43. The summed E-state index contributed by atoms with van der Waals surface area (Å²) in [5, 5.41) is 18.7. The second-order valence-corrected chi connectivity index (χ2v) is 7.62. The van der Waals surface area contributed by atoms with Crippen molar-refractivity contribution in [2.24, 2.45) is 5.92 Å². The number of hydrogen-bond acceptors (Lipinski definition) is 3. The van der Waals surface area contributed by atoms with Crippen molar-refractivity contribution in [2.75, 3.05) is 0 Å². The number of benzene rings is 1. The summed E-state index contributed by atoms with van der Waals surface area (Å²) in [6.07, 6.45) is 5.93. The maximum Gasteiger partial charge on any atom is 0.303 e. The van der Waals surface area contributed by atoms with Crippen LogP contribution in [0.25, 0.3) is 0 Å². The molecule has 0 fully saturated rings. The van der Waals surface area contributed by atoms with E-state index in [-0.39, 0.29) is 12.0 Å². The van der Waals surface area contributed by atoms with Gasteiger partial charge in [0.25, 0.3) is 0 Å². The Morgan fingerprint density at radius 2 is 2.04 bits per heavy atom. The zero-order valence-electron chi connectivity index (χ0n) is 15.3. The van der Waals surface area contributed by atoms with E-state index >= 15 is 0 Å². The van der Waals surface area contributed by atoms with E-state index in [0.717, 1.165) is 61.0 Å². The highest BCUT2D eigenvalue weighted by Gasteiger charge is 2.32. The molecule has 2 rings (SSSR count). The highest BCUT2D eigenvalue weighted by Crippen LogP contribution is 2.42. The van der Waals surface area contributed by atoms with Gasteiger partial charge in [0.2, 0.25) is 0 Å². The zero-order valence-corrected chi connectivity index (χ0v) is 15.3. The summed E-state index contributed by atoms with van der Waals surface area (Å²) in [4.78, 5) is 10.6. The first-order chi connectivity index (χ1) is 11.2. The van der Waals surface area contributed by atoms with E-state index in [1.165, 1.54) is 0 Å². The minimum atomic E-state index is -0.713. The zero-order chi connectivity index (χ0) is 17.9. The van der Waals surface area contributed by atoms with Gasteiger partial charge in [-0.1, -0.05) is 13.3 Å². The number of carboxylic acids is 1. The van der Waals surface area contributed by atoms with Crippen LogP contribution >= 0.6 is 0 Å². The van der Waals surface area contributed by atoms with Crippen molar-refractivity contribution in [2.45, 2.75) is 78.2 Å². The molecular weight excluding hydrogens is 304 g/mol. The predicted octanol–water partition coefficient (Wildman–Crippen LogP) is 4.76. The van der Waals surface area contributed by atoms with E-state index in [1.807, 2.05) is 19.9 Å². The number of carboxylic acid groups (broad SMARTS) is 1. The Balaban J connectivity index is 1.93. The number of carbonyl (C=O) groups is 1. The van der Waals surface area contributed by atoms with Crippen LogP contribution in [0.1, 0.15) is 69.1 Å². The molecule has 4 nitrogen and oxygen atoms in total. The van der Waals surface area contributed by atoms with Gasteiger partial charge in [0, 0.05) is 6.42 Å². The predicted molar refractivity (Wildman–Crippen MR) is 94.8 cm³/mol. The van der Waals surface area contributed by atoms with Crippen LogP contribution in [0.15, 0.2) is 6.07 Å². The molecule has 0 bridgehead atoms. The molecule has 4 heteroatoms. The van der Waals surface area contributed by atoms with Crippen molar-refractivity contribution < 1.29 is 19.7 Å². The standard InChI is InChI=1S/C20H30O4/c1-13(7-8-18(22)23)6-5-10-20(4)11-9-16-12-17(21)14(2)15(3)19(16)24-20/h12-13,21H,5-11H2,1-4H3,(H,22,23). The van der Waals surface area contributed by atoms with Gasteiger partial charge in [-0.3, -0.25) is 4.79 Å². The quantitative estimate of drug-likeness (QED) is 0.754. The smallest absolute Gasteiger partial charge is 0.303 e. The third-order valence-corrected chi connectivity index (χ3v) is 5.42. The van der Waals surface area contributed by atoms with Crippen molar-refractivity contribution in [1.82, 2.24) is 0 Å². The SMILES string of the molecule is Cc1c(O)cc2c(c1C)OC(C)(CCCC(C)CCC(=O)O)CC2. The minimum Gasteiger partial charge on any atom is -0.508 e. The molecule has 0 spiro atoms. The maximum absolute atomic E-state index is 10.6. The van der Waals surface area contributed by atoms with Gasteiger partial charge in [-0.25, -0.2) is 0 Å². The summed E-state index contributed by atoms with van der Waals surface area (Å²) in [5.41, 5.74) is 2.85. The molecule has 2 unspecified atom stereocenters. The summed E-state index contributed by atoms with van der Waals surface area (Å²) in [5.74, 6) is 1.01. The van der Waals surface area contributed by atoms with Crippen LogP contribution < -0.4 is 4.74 Å². The van der Waals surface area contributed by atoms with E-state index < -0.39 is 5.97 Å². The molecule has 1 aliphatic heterocycles. The van der Waals surface area contributed by atoms with Crippen molar-refractivity contribution in [3.8, 4) is 11.5 Å². The lowest BCUT2D eigenvalue weighted by Crippen LogP contribution is -2.36. The Bertz CT molecular complexity index is 608. The summed E-state index contributed by atoms with van der Waals surface area (Å²) < 4.78 is 6.36. The molecule has 2 N–H and O–H groups in total. The molecule has 0 radical (unpaired) electrons. The van der Waals surface area contributed by atoms with Crippen molar-refractivity contribution in [1.29, 1.82) is 0 Å². The van der Waals surface area contributed by atoms with E-state index in [2.05, 4.69) is 13.8 Å². The summed E-state index contributed by atoms with van der Waals surface area (Å²) >= 11 is 0. The lowest BCUT2D eigenvalue weighted by atomic mass is 9.85. The lowest BCUT2D eigenvalue weighted by molar-refractivity contribution is -0.137. The minimum absolute atomic E-state index is 0.173. The van der Waals surface area contributed by atoms with Crippen molar-refractivity contribution in [3.05, 3.63) is 22.8 Å². The molecule has 0 saturated carbocycles. The number of fused-ring (bicyclic) bond motifs is 1. The molecule has 24 heavy (non-hydrogen) atoms. The average Bonchev–Trinajstić information content (AvgIpc) is 2.52. The molecule has 0 amide bonds. The van der Waals surface area contributed by atoms with Gasteiger partial charge in [0.1, 0.15) is 17.1 Å². The van der Waals surface area contributed by atoms with E-state index in [4.69, 9.17) is 9.84 Å². The largest absolute Gasteiger partial charge is 0.508 e. The molecule has 1 heterocycles. The number of aryl methyl sites for hydroxylation is 1. The number of aromatic hydroxyl groups is 1. The van der Waals surface area contributed by atoms with Gasteiger partial charge in [0.05, 0.1) is 0 Å². The monoisotopic (exact) mass is 334 g/mol. The van der Waals surface area contributed by atoms with Gasteiger partial charge >= 0.3 is 5.97 Å². The summed E-state index contributed by atoms with van der Waals surface area (Å²) in [6, 6.07) is 1.84. The number of aliphatic carboxylic acids is 1. The van der Waals surface area contributed by atoms with Gasteiger partial charge < -0.3 is 14.9 Å². The third-order valence-electron chi connectivity index (χ3n) is 5.42. The lowest BCUT2D eigenvalue weighted by Gasteiger charge is -2.37. The van der Waals surface area contributed by atoms with E-state index in [1.54, 1.807) is 0 Å². The molecule has 0 saturated heterocycles. The van der Waals surface area contributed by atoms with Crippen LogP contribution in [0, 0.1) is 19.8 Å². The second-order valence-electron chi connectivity index (χ2n) is 7.62. The first-order valence-corrected chi connectivity index (χ1v) is 8.94. The number of rotatable bonds is 7. The topological polar surface area (TPSA) is 66.8 Å². The van der Waals surface area contributed by atoms with Gasteiger partial charge in [-0.2, -0.15) is 0 Å². The Morgan fingerprint density at radius 1 is 1.33 bits per heavy atom.